The van der Waals surface area contributed by atoms with Gasteiger partial charge in [0.25, 0.3) is 0 Å². The van der Waals surface area contributed by atoms with Gasteiger partial charge >= 0.3 is 6.09 Å². The first-order chi connectivity index (χ1) is 7.40. The van der Waals surface area contributed by atoms with E-state index < -0.39 is 11.7 Å². The highest BCUT2D eigenvalue weighted by molar-refractivity contribution is 5.66. The smallest absolute Gasteiger partial charge is 0.434 e. The van der Waals surface area contributed by atoms with E-state index in [0.29, 0.717) is 13.0 Å². The van der Waals surface area contributed by atoms with Crippen molar-refractivity contribution in [1.82, 2.24) is 5.06 Å². The number of nitrogens with zero attached hydrogens (tertiary/aromatic N) is 1. The molecule has 0 aromatic carbocycles. The van der Waals surface area contributed by atoms with Crippen molar-refractivity contribution in [1.29, 1.82) is 0 Å². The van der Waals surface area contributed by atoms with Crippen LogP contribution < -0.4 is 0 Å². The summed E-state index contributed by atoms with van der Waals surface area (Å²) in [5, 5.41) is 1.19. The molecule has 0 heterocycles. The molecule has 0 rings (SSSR count). The Kier molecular flexibility index (Phi) is 6.49. The van der Waals surface area contributed by atoms with Gasteiger partial charge in [-0.15, -0.1) is 13.2 Å². The number of ether oxygens (including phenoxy) is 1. The quantitative estimate of drug-likeness (QED) is 0.517. The lowest BCUT2D eigenvalue weighted by Gasteiger charge is -2.26. The number of carbonyl (C=O) groups is 1. The molecular weight excluding hydrogens is 206 g/mol. The maximum Gasteiger partial charge on any atom is 0.434 e. The zero-order valence-corrected chi connectivity index (χ0v) is 10.4. The molecule has 0 unspecified atom stereocenters. The maximum absolute atomic E-state index is 11.7. The summed E-state index contributed by atoms with van der Waals surface area (Å²) in [5.41, 5.74) is -0.527. The molecule has 0 saturated carbocycles. The van der Waals surface area contributed by atoms with Gasteiger partial charge in [-0.3, -0.25) is 4.84 Å². The van der Waals surface area contributed by atoms with Crippen LogP contribution in [0.3, 0.4) is 0 Å². The molecule has 92 valence electrons. The van der Waals surface area contributed by atoms with E-state index in [0.717, 1.165) is 0 Å². The van der Waals surface area contributed by atoms with Crippen molar-refractivity contribution in [3.63, 3.8) is 0 Å². The first-order valence-electron chi connectivity index (χ1n) is 5.26. The molecule has 0 spiro atoms. The van der Waals surface area contributed by atoms with Gasteiger partial charge in [-0.05, 0) is 27.2 Å². The first kappa shape index (κ1) is 14.7. The van der Waals surface area contributed by atoms with Gasteiger partial charge in [0.1, 0.15) is 5.60 Å². The predicted molar refractivity (Wildman–Crippen MR) is 63.9 cm³/mol. The number of hydrogen-bond donors (Lipinski definition) is 0. The van der Waals surface area contributed by atoms with Crippen molar-refractivity contribution < 1.29 is 14.4 Å². The van der Waals surface area contributed by atoms with Crippen LogP contribution in [0.1, 0.15) is 27.2 Å². The number of hydrogen-bond acceptors (Lipinski definition) is 3. The minimum absolute atomic E-state index is 0.274. The van der Waals surface area contributed by atoms with Crippen LogP contribution in [0.25, 0.3) is 0 Å². The highest BCUT2D eigenvalue weighted by Gasteiger charge is 2.22. The summed E-state index contributed by atoms with van der Waals surface area (Å²) in [6, 6.07) is 0. The van der Waals surface area contributed by atoms with Crippen LogP contribution in [0.15, 0.2) is 25.3 Å². The number of amides is 1. The number of carbonyl (C=O) groups excluding carboxylic acids is 1. The van der Waals surface area contributed by atoms with E-state index in [4.69, 9.17) is 9.57 Å². The van der Waals surface area contributed by atoms with Crippen molar-refractivity contribution in [3.8, 4) is 0 Å². The molecule has 0 fully saturated rings. The van der Waals surface area contributed by atoms with Gasteiger partial charge in [0.15, 0.2) is 0 Å². The molecule has 4 nitrogen and oxygen atoms in total. The van der Waals surface area contributed by atoms with Crippen LogP contribution >= 0.6 is 0 Å². The number of hydroxylamine groups is 2. The Bertz CT molecular complexity index is 231. The Labute approximate surface area is 97.5 Å². The molecule has 0 atom stereocenters. The third-order valence-electron chi connectivity index (χ3n) is 1.48. The molecule has 0 bridgehead atoms. The fourth-order valence-corrected chi connectivity index (χ4v) is 0.873. The second-order valence-electron chi connectivity index (χ2n) is 4.24. The van der Waals surface area contributed by atoms with Gasteiger partial charge in [-0.25, -0.2) is 4.79 Å². The van der Waals surface area contributed by atoms with Crippen LogP contribution in [-0.4, -0.2) is 29.9 Å². The Morgan fingerprint density at radius 1 is 1.31 bits per heavy atom. The third-order valence-corrected chi connectivity index (χ3v) is 1.48. The van der Waals surface area contributed by atoms with Crippen molar-refractivity contribution in [2.24, 2.45) is 0 Å². The SMILES string of the molecule is C=CCCN(OCC=C)C(=O)OC(C)(C)C. The summed E-state index contributed by atoms with van der Waals surface area (Å²) in [6.07, 6.45) is 3.45. The van der Waals surface area contributed by atoms with E-state index in [1.807, 2.05) is 20.8 Å². The van der Waals surface area contributed by atoms with Gasteiger partial charge in [0.2, 0.25) is 0 Å². The van der Waals surface area contributed by atoms with E-state index in [1.54, 1.807) is 12.2 Å². The fraction of sp³-hybridized carbons (Fsp3) is 0.583. The Morgan fingerprint density at radius 3 is 2.38 bits per heavy atom. The van der Waals surface area contributed by atoms with Crippen molar-refractivity contribution in [2.75, 3.05) is 13.2 Å². The van der Waals surface area contributed by atoms with Gasteiger partial charge in [-0.1, -0.05) is 12.2 Å². The van der Waals surface area contributed by atoms with Gasteiger partial charge in [0, 0.05) is 0 Å². The second-order valence-corrected chi connectivity index (χ2v) is 4.24. The third kappa shape index (κ3) is 7.06. The van der Waals surface area contributed by atoms with Crippen molar-refractivity contribution in [2.45, 2.75) is 32.8 Å². The molecule has 0 aromatic rings. The maximum atomic E-state index is 11.7. The van der Waals surface area contributed by atoms with Crippen LogP contribution in [0.5, 0.6) is 0 Å². The van der Waals surface area contributed by atoms with Crippen molar-refractivity contribution >= 4 is 6.09 Å². The predicted octanol–water partition coefficient (Wildman–Crippen LogP) is 2.92. The highest BCUT2D eigenvalue weighted by Crippen LogP contribution is 2.10. The highest BCUT2D eigenvalue weighted by atomic mass is 16.7. The Morgan fingerprint density at radius 2 is 1.94 bits per heavy atom. The summed E-state index contributed by atoms with van der Waals surface area (Å²) < 4.78 is 5.19. The molecule has 0 aromatic heterocycles. The lowest BCUT2D eigenvalue weighted by atomic mass is 10.2. The largest absolute Gasteiger partial charge is 0.442 e. The zero-order valence-electron chi connectivity index (χ0n) is 10.4. The lowest BCUT2D eigenvalue weighted by molar-refractivity contribution is -0.136. The minimum Gasteiger partial charge on any atom is -0.442 e. The van der Waals surface area contributed by atoms with Gasteiger partial charge in [-0.2, -0.15) is 5.06 Å². The molecule has 0 radical (unpaired) electrons. The van der Waals surface area contributed by atoms with Gasteiger partial charge < -0.3 is 4.74 Å². The van der Waals surface area contributed by atoms with E-state index >= 15 is 0 Å². The molecule has 16 heavy (non-hydrogen) atoms. The fourth-order valence-electron chi connectivity index (χ4n) is 0.873. The summed E-state index contributed by atoms with van der Waals surface area (Å²) in [7, 11) is 0. The average molecular weight is 227 g/mol. The monoisotopic (exact) mass is 227 g/mol. The standard InChI is InChI=1S/C12H21NO3/c1-6-8-9-13(15-10-7-2)11(14)16-12(3,4)5/h6-7H,1-2,8-10H2,3-5H3. The minimum atomic E-state index is -0.527. The zero-order chi connectivity index (χ0) is 12.6. The summed E-state index contributed by atoms with van der Waals surface area (Å²) in [5.74, 6) is 0. The molecule has 4 heteroatoms. The topological polar surface area (TPSA) is 38.8 Å². The average Bonchev–Trinajstić information content (AvgIpc) is 2.15. The molecule has 0 N–H and O–H groups in total. The van der Waals surface area contributed by atoms with Crippen LogP contribution in [0.2, 0.25) is 0 Å². The Hall–Kier alpha value is -1.29. The molecule has 0 aliphatic rings. The molecular formula is C12H21NO3. The second kappa shape index (κ2) is 7.06. The van der Waals surface area contributed by atoms with Gasteiger partial charge in [0.05, 0.1) is 13.2 Å². The lowest BCUT2D eigenvalue weighted by Crippen LogP contribution is -2.37. The molecule has 1 amide bonds. The summed E-state index contributed by atoms with van der Waals surface area (Å²) >= 11 is 0. The molecule has 0 saturated heterocycles. The first-order valence-corrected chi connectivity index (χ1v) is 5.26. The van der Waals surface area contributed by atoms with E-state index in [-0.39, 0.29) is 6.61 Å². The summed E-state index contributed by atoms with van der Waals surface area (Å²) in [6.45, 7) is 13.2. The summed E-state index contributed by atoms with van der Waals surface area (Å²) in [4.78, 5) is 16.9. The van der Waals surface area contributed by atoms with Crippen LogP contribution in [0, 0.1) is 0 Å². The van der Waals surface area contributed by atoms with Crippen LogP contribution in [-0.2, 0) is 9.57 Å². The van der Waals surface area contributed by atoms with Crippen LogP contribution in [0.4, 0.5) is 4.79 Å². The van der Waals surface area contributed by atoms with E-state index in [9.17, 15) is 4.79 Å². The molecule has 0 aliphatic carbocycles. The van der Waals surface area contributed by atoms with E-state index in [2.05, 4.69) is 13.2 Å². The van der Waals surface area contributed by atoms with E-state index in [1.165, 1.54) is 5.06 Å². The number of rotatable bonds is 6. The normalized spacial score (nSPS) is 10.7. The Balaban J connectivity index is 4.30. The molecule has 0 aliphatic heterocycles. The van der Waals surface area contributed by atoms with Crippen molar-refractivity contribution in [3.05, 3.63) is 25.3 Å².